The van der Waals surface area contributed by atoms with Gasteiger partial charge >= 0.3 is 6.21 Å². The number of ketones is 1. The summed E-state index contributed by atoms with van der Waals surface area (Å²) in [6, 6.07) is 6.51. The number of Topliss-reactive ketones (excluding diaryl/α,β-unsaturated/α-hetero) is 1. The molecule has 22 heavy (non-hydrogen) atoms. The van der Waals surface area contributed by atoms with Crippen LogP contribution in [0.3, 0.4) is 0 Å². The van der Waals surface area contributed by atoms with Gasteiger partial charge in [0.2, 0.25) is 5.78 Å². The molecule has 0 radical (unpaired) electrons. The van der Waals surface area contributed by atoms with Crippen LogP contribution in [0.4, 0.5) is 5.69 Å². The van der Waals surface area contributed by atoms with Gasteiger partial charge in [-0.1, -0.05) is 29.3 Å². The van der Waals surface area contributed by atoms with E-state index in [0.29, 0.717) is 18.4 Å². The standard InChI is InChI=1S/C16H17N3O3/c1-10-7-13(12-5-3-4-6-15(12)19(21)22)14(8-11(10)2)16(20)9-18-17/h3-6,9,13-14H,7-8H2,1-2H3. The Hall–Kier alpha value is -2.59. The fourth-order valence-electron chi connectivity index (χ4n) is 3.04. The van der Waals surface area contributed by atoms with Crippen LogP contribution in [-0.4, -0.2) is 21.7 Å². The summed E-state index contributed by atoms with van der Waals surface area (Å²) in [6.45, 7) is 3.94. The SMILES string of the molecule is CC1=C(C)CC(c2ccccc2[N+](=O)[O-])C(C(=O)C=[N+]=[N-])C1. The molecule has 114 valence electrons. The second-order valence-corrected chi connectivity index (χ2v) is 5.64. The number of nitro groups is 1. The second-order valence-electron chi connectivity index (χ2n) is 5.64. The van der Waals surface area contributed by atoms with Crippen molar-refractivity contribution in [2.45, 2.75) is 32.6 Å². The summed E-state index contributed by atoms with van der Waals surface area (Å²) in [5, 5.41) is 11.3. The Balaban J connectivity index is 2.52. The lowest BCUT2D eigenvalue weighted by atomic mass is 9.71. The molecular weight excluding hydrogens is 282 g/mol. The topological polar surface area (TPSA) is 96.6 Å². The minimum absolute atomic E-state index is 0.0265. The Morgan fingerprint density at radius 1 is 1.32 bits per heavy atom. The van der Waals surface area contributed by atoms with E-state index in [2.05, 4.69) is 4.79 Å². The van der Waals surface area contributed by atoms with Crippen LogP contribution in [0.2, 0.25) is 0 Å². The van der Waals surface area contributed by atoms with Gasteiger partial charge < -0.3 is 5.53 Å². The molecule has 1 aliphatic carbocycles. The number of nitrogens with zero attached hydrogens (tertiary/aromatic N) is 3. The van der Waals surface area contributed by atoms with E-state index in [1.165, 1.54) is 6.07 Å². The zero-order chi connectivity index (χ0) is 16.3. The molecule has 0 spiro atoms. The van der Waals surface area contributed by atoms with Crippen molar-refractivity contribution in [1.82, 2.24) is 0 Å². The maximum Gasteiger partial charge on any atom is 0.323 e. The van der Waals surface area contributed by atoms with Crippen molar-refractivity contribution >= 4 is 17.7 Å². The average Bonchev–Trinajstić information content (AvgIpc) is 2.49. The predicted molar refractivity (Wildman–Crippen MR) is 81.6 cm³/mol. The average molecular weight is 299 g/mol. The van der Waals surface area contributed by atoms with Gasteiger partial charge in [-0.25, -0.2) is 0 Å². The molecular formula is C16H17N3O3. The summed E-state index contributed by atoms with van der Waals surface area (Å²) in [5.41, 5.74) is 11.5. The van der Waals surface area contributed by atoms with Gasteiger partial charge in [-0.15, -0.1) is 0 Å². The van der Waals surface area contributed by atoms with Crippen LogP contribution in [0.1, 0.15) is 38.2 Å². The molecule has 1 aliphatic rings. The van der Waals surface area contributed by atoms with E-state index >= 15 is 0 Å². The lowest BCUT2D eigenvalue weighted by Crippen LogP contribution is -2.28. The molecule has 6 nitrogen and oxygen atoms in total. The van der Waals surface area contributed by atoms with Crippen LogP contribution in [0.15, 0.2) is 35.4 Å². The second kappa shape index (κ2) is 6.45. The van der Waals surface area contributed by atoms with Gasteiger partial charge in [0.1, 0.15) is 0 Å². The van der Waals surface area contributed by atoms with Crippen molar-refractivity contribution in [1.29, 1.82) is 0 Å². The summed E-state index contributed by atoms with van der Waals surface area (Å²) < 4.78 is 0. The Kier molecular flexibility index (Phi) is 4.63. The number of nitro benzene ring substituents is 1. The molecule has 0 aromatic heterocycles. The highest BCUT2D eigenvalue weighted by atomic mass is 16.6. The van der Waals surface area contributed by atoms with Crippen molar-refractivity contribution in [3.05, 3.63) is 56.6 Å². The van der Waals surface area contributed by atoms with Crippen LogP contribution in [0.25, 0.3) is 5.53 Å². The van der Waals surface area contributed by atoms with Gasteiger partial charge in [-0.3, -0.25) is 14.9 Å². The molecule has 0 heterocycles. The molecule has 2 rings (SSSR count). The highest BCUT2D eigenvalue weighted by Gasteiger charge is 2.37. The van der Waals surface area contributed by atoms with Crippen LogP contribution in [0, 0.1) is 16.0 Å². The highest BCUT2D eigenvalue weighted by molar-refractivity contribution is 6.26. The van der Waals surface area contributed by atoms with E-state index < -0.39 is 10.8 Å². The monoisotopic (exact) mass is 299 g/mol. The van der Waals surface area contributed by atoms with Crippen LogP contribution in [0.5, 0.6) is 0 Å². The van der Waals surface area contributed by atoms with Crippen LogP contribution in [-0.2, 0) is 4.79 Å². The van der Waals surface area contributed by atoms with Crippen molar-refractivity contribution in [3.63, 3.8) is 0 Å². The fourth-order valence-corrected chi connectivity index (χ4v) is 3.04. The van der Waals surface area contributed by atoms with Gasteiger partial charge in [0, 0.05) is 23.5 Å². The molecule has 2 atom stereocenters. The molecule has 0 saturated heterocycles. The molecule has 2 unspecified atom stereocenters. The Labute approximate surface area is 128 Å². The molecule has 0 fully saturated rings. The Bertz CT molecular complexity index is 702. The maximum atomic E-state index is 12.2. The first-order valence-corrected chi connectivity index (χ1v) is 7.05. The van der Waals surface area contributed by atoms with Gasteiger partial charge in [0.15, 0.2) is 0 Å². The van der Waals surface area contributed by atoms with Crippen molar-refractivity contribution in [2.24, 2.45) is 5.92 Å². The molecule has 0 bridgehead atoms. The molecule has 1 aromatic rings. The number of carbonyl (C=O) groups excluding carboxylic acids is 1. The van der Waals surface area contributed by atoms with E-state index in [-0.39, 0.29) is 17.4 Å². The molecule has 0 N–H and O–H groups in total. The lowest BCUT2D eigenvalue weighted by Gasteiger charge is -2.30. The number of allylic oxidation sites excluding steroid dienone is 2. The van der Waals surface area contributed by atoms with E-state index in [0.717, 1.165) is 17.4 Å². The first-order chi connectivity index (χ1) is 10.5. The van der Waals surface area contributed by atoms with E-state index in [1.54, 1.807) is 18.2 Å². The third kappa shape index (κ3) is 3.02. The molecule has 1 aromatic carbocycles. The molecule has 0 amide bonds. The number of hydrogen-bond donors (Lipinski definition) is 0. The minimum atomic E-state index is -0.444. The normalized spacial score (nSPS) is 21.2. The quantitative estimate of drug-likeness (QED) is 0.213. The summed E-state index contributed by atoms with van der Waals surface area (Å²) >= 11 is 0. The van der Waals surface area contributed by atoms with Gasteiger partial charge in [-0.2, -0.15) is 4.79 Å². The Morgan fingerprint density at radius 2 is 1.95 bits per heavy atom. The number of carbonyl (C=O) groups is 1. The smallest absolute Gasteiger partial charge is 0.323 e. The third-order valence-electron chi connectivity index (χ3n) is 4.35. The lowest BCUT2D eigenvalue weighted by molar-refractivity contribution is -0.385. The summed E-state index contributed by atoms with van der Waals surface area (Å²) in [6.07, 6.45) is 2.00. The first-order valence-electron chi connectivity index (χ1n) is 7.05. The van der Waals surface area contributed by atoms with Crippen LogP contribution >= 0.6 is 0 Å². The van der Waals surface area contributed by atoms with Crippen LogP contribution < -0.4 is 0 Å². The van der Waals surface area contributed by atoms with Crippen molar-refractivity contribution < 1.29 is 14.5 Å². The molecule has 0 saturated carbocycles. The van der Waals surface area contributed by atoms with E-state index in [1.807, 2.05) is 13.8 Å². The van der Waals surface area contributed by atoms with Gasteiger partial charge in [0.05, 0.1) is 4.92 Å². The van der Waals surface area contributed by atoms with Crippen molar-refractivity contribution in [2.75, 3.05) is 0 Å². The summed E-state index contributed by atoms with van der Waals surface area (Å²) in [4.78, 5) is 25.9. The summed E-state index contributed by atoms with van der Waals surface area (Å²) in [5.74, 6) is -1.03. The fraction of sp³-hybridized carbons (Fsp3) is 0.375. The van der Waals surface area contributed by atoms with Gasteiger partial charge in [-0.05, 0) is 26.7 Å². The third-order valence-corrected chi connectivity index (χ3v) is 4.35. The Morgan fingerprint density at radius 3 is 2.59 bits per heavy atom. The van der Waals surface area contributed by atoms with Gasteiger partial charge in [0.25, 0.3) is 5.69 Å². The number of para-hydroxylation sites is 1. The molecule has 0 aliphatic heterocycles. The van der Waals surface area contributed by atoms with E-state index in [4.69, 9.17) is 5.53 Å². The van der Waals surface area contributed by atoms with Crippen molar-refractivity contribution in [3.8, 4) is 0 Å². The number of rotatable bonds is 4. The number of hydrogen-bond acceptors (Lipinski definition) is 3. The zero-order valence-electron chi connectivity index (χ0n) is 12.5. The number of benzene rings is 1. The largest absolute Gasteiger partial charge is 0.361 e. The minimum Gasteiger partial charge on any atom is -0.361 e. The maximum absolute atomic E-state index is 12.2. The highest BCUT2D eigenvalue weighted by Crippen LogP contribution is 2.43. The zero-order valence-corrected chi connectivity index (χ0v) is 12.5. The first kappa shape index (κ1) is 15.8. The summed E-state index contributed by atoms with van der Waals surface area (Å²) in [7, 11) is 0. The predicted octanol–water partition coefficient (Wildman–Crippen LogP) is 3.29. The molecule has 6 heteroatoms. The van der Waals surface area contributed by atoms with E-state index in [9.17, 15) is 14.9 Å².